The zero-order valence-electron chi connectivity index (χ0n) is 17.7. The number of nitrogens with two attached hydrogens (primary N) is 1. The van der Waals surface area contributed by atoms with Gasteiger partial charge in [0.05, 0.1) is 23.9 Å². The van der Waals surface area contributed by atoms with Gasteiger partial charge in [-0.25, -0.2) is 0 Å². The molecular formula is C20H32N4O4S. The Labute approximate surface area is 176 Å². The van der Waals surface area contributed by atoms with Gasteiger partial charge in [0.25, 0.3) is 5.91 Å². The summed E-state index contributed by atoms with van der Waals surface area (Å²) in [6.45, 7) is 9.52. The molecule has 1 aliphatic heterocycles. The molecule has 0 spiro atoms. The fraction of sp³-hybridized carbons (Fsp3) is 0.650. The highest BCUT2D eigenvalue weighted by Crippen LogP contribution is 2.21. The van der Waals surface area contributed by atoms with Gasteiger partial charge in [0.15, 0.2) is 0 Å². The van der Waals surface area contributed by atoms with E-state index in [9.17, 15) is 4.79 Å². The summed E-state index contributed by atoms with van der Waals surface area (Å²) >= 11 is 1.13. The van der Waals surface area contributed by atoms with Gasteiger partial charge in [0, 0.05) is 12.7 Å². The van der Waals surface area contributed by atoms with E-state index in [-0.39, 0.29) is 11.9 Å². The Kier molecular flexibility index (Phi) is 9.56. The van der Waals surface area contributed by atoms with E-state index in [4.69, 9.17) is 19.7 Å². The Bertz CT molecular complexity index is 751. The maximum absolute atomic E-state index is 12.2. The Morgan fingerprint density at radius 3 is 2.90 bits per heavy atom. The normalized spacial score (nSPS) is 15.9. The summed E-state index contributed by atoms with van der Waals surface area (Å²) in [5, 5.41) is 7.05. The molecule has 0 aromatic carbocycles. The van der Waals surface area contributed by atoms with Crippen molar-refractivity contribution in [2.24, 2.45) is 5.73 Å². The van der Waals surface area contributed by atoms with E-state index >= 15 is 0 Å². The number of nitrogens with zero attached hydrogens (tertiary/aromatic N) is 2. The zero-order chi connectivity index (χ0) is 21.2. The molecule has 1 amide bonds. The molecule has 2 aromatic heterocycles. The smallest absolute Gasteiger partial charge is 0.263 e. The second-order valence-electron chi connectivity index (χ2n) is 7.36. The molecular weight excluding hydrogens is 392 g/mol. The van der Waals surface area contributed by atoms with Crippen LogP contribution in [0, 0.1) is 6.92 Å². The van der Waals surface area contributed by atoms with Crippen LogP contribution < -0.4 is 15.8 Å². The van der Waals surface area contributed by atoms with Gasteiger partial charge in [-0.15, -0.1) is 0 Å². The second-order valence-corrected chi connectivity index (χ2v) is 8.17. The number of amides is 1. The van der Waals surface area contributed by atoms with E-state index < -0.39 is 0 Å². The van der Waals surface area contributed by atoms with Gasteiger partial charge in [-0.05, 0) is 43.8 Å². The van der Waals surface area contributed by atoms with Crippen molar-refractivity contribution in [1.82, 2.24) is 14.8 Å². The van der Waals surface area contributed by atoms with Gasteiger partial charge in [-0.2, -0.15) is 4.37 Å². The summed E-state index contributed by atoms with van der Waals surface area (Å²) in [7, 11) is 0. The van der Waals surface area contributed by atoms with Crippen molar-refractivity contribution in [1.29, 1.82) is 0 Å². The molecule has 0 bridgehead atoms. The number of aromatic nitrogens is 2. The second kappa shape index (κ2) is 11.9. The first kappa shape index (κ1) is 23.3. The van der Waals surface area contributed by atoms with E-state index in [1.54, 1.807) is 6.07 Å². The first-order chi connectivity index (χ1) is 13.9. The molecule has 1 unspecified atom stereocenters. The number of unbranched alkanes of at least 4 members (excludes halogenated alkanes) is 1. The summed E-state index contributed by atoms with van der Waals surface area (Å²) < 4.78 is 20.5. The van der Waals surface area contributed by atoms with Gasteiger partial charge in [0.2, 0.25) is 5.88 Å². The fourth-order valence-electron chi connectivity index (χ4n) is 2.65. The molecule has 8 nitrogen and oxygen atoms in total. The number of hydrogen-bond donors (Lipinski definition) is 2. The number of aryl methyl sites for hydroxylation is 2. The fourth-order valence-corrected chi connectivity index (χ4v) is 3.24. The Morgan fingerprint density at radius 1 is 1.48 bits per heavy atom. The minimum Gasteiger partial charge on any atom is -0.472 e. The summed E-state index contributed by atoms with van der Waals surface area (Å²) in [4.78, 5) is 12.7. The molecule has 0 saturated carbocycles. The number of carbonyl (C=O) groups is 1. The van der Waals surface area contributed by atoms with Crippen LogP contribution in [-0.4, -0.2) is 40.7 Å². The third-order valence-corrected chi connectivity index (χ3v) is 4.95. The Hall–Kier alpha value is -1.97. The number of ether oxygens (including phenoxy) is 2. The summed E-state index contributed by atoms with van der Waals surface area (Å²) in [6, 6.07) is 2.09. The topological polar surface area (TPSA) is 112 Å². The van der Waals surface area contributed by atoms with Crippen molar-refractivity contribution in [2.75, 3.05) is 13.2 Å². The predicted molar refractivity (Wildman–Crippen MR) is 112 cm³/mol. The standard InChI is InChI=1S/C17H23N3O4S.C3H9N/c1-3-4-5-14-13(11(2)24-19-14)10-23-16-8-15(25-20-16)17(21)18-12-6-7-22-9-12;1-3(2)4/h8,12H,3-7,9-10H2,1-2H3,(H,18,21);3H,4H2,1-2H3. The van der Waals surface area contributed by atoms with Crippen molar-refractivity contribution in [2.45, 2.75) is 72.1 Å². The molecule has 1 aliphatic rings. The van der Waals surface area contributed by atoms with Crippen molar-refractivity contribution >= 4 is 17.4 Å². The van der Waals surface area contributed by atoms with Gasteiger partial charge in [-0.3, -0.25) is 4.79 Å². The molecule has 0 aliphatic carbocycles. The van der Waals surface area contributed by atoms with Gasteiger partial charge in [0.1, 0.15) is 17.2 Å². The average Bonchev–Trinajstić information content (AvgIpc) is 3.40. The molecule has 1 fully saturated rings. The highest BCUT2D eigenvalue weighted by Gasteiger charge is 2.20. The van der Waals surface area contributed by atoms with E-state index in [1.807, 2.05) is 20.8 Å². The molecule has 1 saturated heterocycles. The Morgan fingerprint density at radius 2 is 2.24 bits per heavy atom. The minimum atomic E-state index is -0.132. The van der Waals surface area contributed by atoms with Crippen LogP contribution in [0.3, 0.4) is 0 Å². The third-order valence-electron chi connectivity index (χ3n) is 4.17. The highest BCUT2D eigenvalue weighted by molar-refractivity contribution is 7.08. The van der Waals surface area contributed by atoms with E-state index in [0.717, 1.165) is 54.2 Å². The molecule has 0 radical (unpaired) electrons. The first-order valence-electron chi connectivity index (χ1n) is 10.1. The van der Waals surface area contributed by atoms with E-state index in [2.05, 4.69) is 21.8 Å². The van der Waals surface area contributed by atoms with Crippen LogP contribution >= 0.6 is 11.5 Å². The van der Waals surface area contributed by atoms with Crippen LogP contribution in [0.25, 0.3) is 0 Å². The van der Waals surface area contributed by atoms with Gasteiger partial charge in [-0.1, -0.05) is 32.3 Å². The summed E-state index contributed by atoms with van der Waals surface area (Å²) in [5.74, 6) is 1.08. The molecule has 3 N–H and O–H groups in total. The molecule has 1 atom stereocenters. The Balaban J connectivity index is 0.000000687. The quantitative estimate of drug-likeness (QED) is 0.669. The highest BCUT2D eigenvalue weighted by atomic mass is 32.1. The van der Waals surface area contributed by atoms with Gasteiger partial charge >= 0.3 is 0 Å². The lowest BCUT2D eigenvalue weighted by Gasteiger charge is -2.08. The van der Waals surface area contributed by atoms with Crippen LogP contribution in [0.15, 0.2) is 10.6 Å². The van der Waals surface area contributed by atoms with E-state index in [0.29, 0.717) is 36.6 Å². The van der Waals surface area contributed by atoms with Crippen molar-refractivity contribution in [3.05, 3.63) is 28.0 Å². The first-order valence-corrected chi connectivity index (χ1v) is 10.9. The minimum absolute atomic E-state index is 0.0831. The average molecular weight is 425 g/mol. The molecule has 2 aromatic rings. The number of hydrogen-bond acceptors (Lipinski definition) is 8. The van der Waals surface area contributed by atoms with E-state index in [1.165, 1.54) is 0 Å². The summed E-state index contributed by atoms with van der Waals surface area (Å²) in [5.41, 5.74) is 7.02. The molecule has 3 heterocycles. The lowest BCUT2D eigenvalue weighted by molar-refractivity contribution is 0.0933. The number of nitrogens with one attached hydrogen (secondary N) is 1. The summed E-state index contributed by atoms with van der Waals surface area (Å²) in [6.07, 6.45) is 3.88. The van der Waals surface area contributed by atoms with Crippen LogP contribution in [0.2, 0.25) is 0 Å². The molecule has 162 valence electrons. The lowest BCUT2D eigenvalue weighted by atomic mass is 10.1. The SMILES string of the molecule is CC(C)N.CCCCc1noc(C)c1COc1cc(C(=O)NC2CCOC2)sn1. The monoisotopic (exact) mass is 424 g/mol. The molecule has 29 heavy (non-hydrogen) atoms. The molecule has 3 rings (SSSR count). The number of carbonyl (C=O) groups excluding carboxylic acids is 1. The van der Waals surface area contributed by atoms with Crippen LogP contribution in [-0.2, 0) is 17.8 Å². The third kappa shape index (κ3) is 7.75. The maximum atomic E-state index is 12.2. The van der Waals surface area contributed by atoms with Crippen LogP contribution in [0.1, 0.15) is 66.7 Å². The maximum Gasteiger partial charge on any atom is 0.263 e. The van der Waals surface area contributed by atoms with Crippen molar-refractivity contribution < 1.29 is 18.8 Å². The number of rotatable bonds is 8. The van der Waals surface area contributed by atoms with Crippen LogP contribution in [0.4, 0.5) is 0 Å². The van der Waals surface area contributed by atoms with Crippen molar-refractivity contribution in [3.63, 3.8) is 0 Å². The van der Waals surface area contributed by atoms with Crippen LogP contribution in [0.5, 0.6) is 5.88 Å². The zero-order valence-corrected chi connectivity index (χ0v) is 18.5. The lowest BCUT2D eigenvalue weighted by Crippen LogP contribution is -2.34. The largest absolute Gasteiger partial charge is 0.472 e. The molecule has 9 heteroatoms. The van der Waals surface area contributed by atoms with Gasteiger partial charge < -0.3 is 25.0 Å². The predicted octanol–water partition coefficient (Wildman–Crippen LogP) is 3.23. The van der Waals surface area contributed by atoms with Crippen molar-refractivity contribution in [3.8, 4) is 5.88 Å².